The van der Waals surface area contributed by atoms with Gasteiger partial charge in [-0.15, -0.1) is 0 Å². The van der Waals surface area contributed by atoms with Crippen molar-refractivity contribution in [3.63, 3.8) is 0 Å². The molecule has 0 saturated heterocycles. The lowest BCUT2D eigenvalue weighted by Gasteiger charge is -2.27. The smallest absolute Gasteiger partial charge is 0.313 e. The lowest BCUT2D eigenvalue weighted by Crippen LogP contribution is -2.31. The SMILES string of the molecule is CCCN1C=C(OC(=O)C(C)C)c2ccccc2S1(=O)=O. The number of rotatable bonds is 4. The Kier molecular flexibility index (Phi) is 4.37. The molecule has 114 valence electrons. The van der Waals surface area contributed by atoms with Gasteiger partial charge in [0.05, 0.1) is 17.0 Å². The minimum absolute atomic E-state index is 0.174. The normalized spacial score (nSPS) is 16.4. The largest absolute Gasteiger partial charge is 0.424 e. The molecule has 0 saturated carbocycles. The molecule has 0 bridgehead atoms. The molecule has 0 aromatic heterocycles. The Morgan fingerprint density at radius 3 is 2.57 bits per heavy atom. The predicted octanol–water partition coefficient (Wildman–Crippen LogP) is 2.60. The van der Waals surface area contributed by atoms with Crippen molar-refractivity contribution in [1.82, 2.24) is 4.31 Å². The summed E-state index contributed by atoms with van der Waals surface area (Å²) in [5.41, 5.74) is 0.429. The molecule has 1 aromatic carbocycles. The standard InChI is InChI=1S/C15H19NO4S/c1-4-9-16-10-13(20-15(17)11(2)3)12-7-5-6-8-14(12)21(16,18)19/h5-8,10-11H,4,9H2,1-3H3. The molecule has 0 radical (unpaired) electrons. The highest BCUT2D eigenvalue weighted by Crippen LogP contribution is 2.33. The fraction of sp³-hybridized carbons (Fsp3) is 0.400. The van der Waals surface area contributed by atoms with Gasteiger partial charge in [0.15, 0.2) is 5.76 Å². The van der Waals surface area contributed by atoms with Gasteiger partial charge in [0.2, 0.25) is 0 Å². The Bertz CT molecular complexity index is 677. The third-order valence-corrected chi connectivity index (χ3v) is 4.94. The number of hydrogen-bond acceptors (Lipinski definition) is 4. The predicted molar refractivity (Wildman–Crippen MR) is 79.5 cm³/mol. The van der Waals surface area contributed by atoms with Gasteiger partial charge in [-0.05, 0) is 18.6 Å². The highest BCUT2D eigenvalue weighted by Gasteiger charge is 2.32. The molecule has 5 nitrogen and oxygen atoms in total. The molecular formula is C15H19NO4S. The second kappa shape index (κ2) is 5.89. The molecule has 0 fully saturated rings. The minimum atomic E-state index is -3.57. The molecule has 1 heterocycles. The van der Waals surface area contributed by atoms with E-state index in [1.165, 1.54) is 16.6 Å². The number of ether oxygens (including phenoxy) is 1. The van der Waals surface area contributed by atoms with Gasteiger partial charge in [-0.2, -0.15) is 0 Å². The second-order valence-electron chi connectivity index (χ2n) is 5.18. The molecule has 0 N–H and O–H groups in total. The number of benzene rings is 1. The first-order valence-corrected chi connectivity index (χ1v) is 8.36. The van der Waals surface area contributed by atoms with Gasteiger partial charge in [-0.25, -0.2) is 8.42 Å². The van der Waals surface area contributed by atoms with Crippen LogP contribution in [0.5, 0.6) is 0 Å². The van der Waals surface area contributed by atoms with Crippen LogP contribution in [-0.4, -0.2) is 25.2 Å². The van der Waals surface area contributed by atoms with Gasteiger partial charge in [0.1, 0.15) is 0 Å². The summed E-state index contributed by atoms with van der Waals surface area (Å²) in [6.45, 7) is 5.71. The quantitative estimate of drug-likeness (QED) is 0.802. The summed E-state index contributed by atoms with van der Waals surface area (Å²) in [7, 11) is -3.57. The Morgan fingerprint density at radius 1 is 1.29 bits per heavy atom. The molecule has 1 aliphatic heterocycles. The van der Waals surface area contributed by atoms with Crippen molar-refractivity contribution in [3.05, 3.63) is 36.0 Å². The fourth-order valence-electron chi connectivity index (χ4n) is 2.00. The van der Waals surface area contributed by atoms with Crippen molar-refractivity contribution in [2.45, 2.75) is 32.1 Å². The van der Waals surface area contributed by atoms with Gasteiger partial charge >= 0.3 is 5.97 Å². The van der Waals surface area contributed by atoms with Crippen LogP contribution >= 0.6 is 0 Å². The first-order chi connectivity index (χ1) is 9.87. The third-order valence-electron chi connectivity index (χ3n) is 3.13. The molecule has 0 unspecified atom stereocenters. The molecule has 0 aliphatic carbocycles. The number of carbonyl (C=O) groups excluding carboxylic acids is 1. The Morgan fingerprint density at radius 2 is 1.95 bits per heavy atom. The monoisotopic (exact) mass is 309 g/mol. The number of esters is 1. The van der Waals surface area contributed by atoms with Gasteiger partial charge in [0.25, 0.3) is 10.0 Å². The van der Waals surface area contributed by atoms with E-state index in [4.69, 9.17) is 4.74 Å². The lowest BCUT2D eigenvalue weighted by atomic mass is 10.2. The highest BCUT2D eigenvalue weighted by atomic mass is 32.2. The molecule has 1 aromatic rings. The summed E-state index contributed by atoms with van der Waals surface area (Å²) in [6.07, 6.45) is 2.07. The average molecular weight is 309 g/mol. The van der Waals surface area contributed by atoms with Crippen molar-refractivity contribution in [3.8, 4) is 0 Å². The molecular weight excluding hydrogens is 290 g/mol. The maximum absolute atomic E-state index is 12.5. The Balaban J connectivity index is 2.50. The molecule has 0 amide bonds. The lowest BCUT2D eigenvalue weighted by molar-refractivity contribution is -0.140. The Hall–Kier alpha value is -1.82. The molecule has 0 spiro atoms. The van der Waals surface area contributed by atoms with Gasteiger partial charge in [-0.1, -0.05) is 32.9 Å². The maximum Gasteiger partial charge on any atom is 0.313 e. The zero-order valence-electron chi connectivity index (χ0n) is 12.4. The topological polar surface area (TPSA) is 63.7 Å². The van der Waals surface area contributed by atoms with Crippen LogP contribution in [0, 0.1) is 5.92 Å². The van der Waals surface area contributed by atoms with Crippen LogP contribution in [0.15, 0.2) is 35.4 Å². The van der Waals surface area contributed by atoms with E-state index in [-0.39, 0.29) is 22.5 Å². The van der Waals surface area contributed by atoms with Crippen LogP contribution < -0.4 is 0 Å². The zero-order chi connectivity index (χ0) is 15.6. The van der Waals surface area contributed by atoms with Crippen LogP contribution in [-0.2, 0) is 19.6 Å². The van der Waals surface area contributed by atoms with E-state index in [1.807, 2.05) is 6.92 Å². The molecule has 21 heavy (non-hydrogen) atoms. The van der Waals surface area contributed by atoms with E-state index in [1.54, 1.807) is 32.0 Å². The number of sulfonamides is 1. The van der Waals surface area contributed by atoms with Crippen molar-refractivity contribution in [2.24, 2.45) is 5.92 Å². The maximum atomic E-state index is 12.5. The van der Waals surface area contributed by atoms with Crippen LogP contribution in [0.3, 0.4) is 0 Å². The zero-order valence-corrected chi connectivity index (χ0v) is 13.2. The molecule has 1 aliphatic rings. The number of hydrogen-bond donors (Lipinski definition) is 0. The van der Waals surface area contributed by atoms with Crippen molar-refractivity contribution in [2.75, 3.05) is 6.54 Å². The van der Waals surface area contributed by atoms with E-state index in [0.29, 0.717) is 18.5 Å². The third kappa shape index (κ3) is 2.95. The molecule has 2 rings (SSSR count). The summed E-state index contributed by atoms with van der Waals surface area (Å²) < 4.78 is 31.6. The highest BCUT2D eigenvalue weighted by molar-refractivity contribution is 7.89. The van der Waals surface area contributed by atoms with E-state index < -0.39 is 10.0 Å². The van der Waals surface area contributed by atoms with E-state index >= 15 is 0 Å². The average Bonchev–Trinajstić information content (AvgIpc) is 2.44. The number of carbonyl (C=O) groups is 1. The van der Waals surface area contributed by atoms with Gasteiger partial charge in [-0.3, -0.25) is 9.10 Å². The van der Waals surface area contributed by atoms with Crippen LogP contribution in [0.4, 0.5) is 0 Å². The van der Waals surface area contributed by atoms with E-state index in [0.717, 1.165) is 0 Å². The fourth-order valence-corrected chi connectivity index (χ4v) is 3.61. The summed E-state index contributed by atoms with van der Waals surface area (Å²) in [5.74, 6) is -0.379. The molecule has 0 atom stereocenters. The summed E-state index contributed by atoms with van der Waals surface area (Å²) >= 11 is 0. The second-order valence-corrected chi connectivity index (χ2v) is 7.04. The van der Waals surface area contributed by atoms with Crippen LogP contribution in [0.25, 0.3) is 5.76 Å². The Labute approximate surface area is 125 Å². The van der Waals surface area contributed by atoms with E-state index in [2.05, 4.69) is 0 Å². The number of fused-ring (bicyclic) bond motifs is 1. The van der Waals surface area contributed by atoms with Crippen molar-refractivity contribution < 1.29 is 17.9 Å². The van der Waals surface area contributed by atoms with Gasteiger partial charge < -0.3 is 4.74 Å². The van der Waals surface area contributed by atoms with Crippen LogP contribution in [0.1, 0.15) is 32.8 Å². The molecule has 6 heteroatoms. The number of nitrogens with zero attached hydrogens (tertiary/aromatic N) is 1. The van der Waals surface area contributed by atoms with Crippen molar-refractivity contribution >= 4 is 21.8 Å². The van der Waals surface area contributed by atoms with E-state index in [9.17, 15) is 13.2 Å². The van der Waals surface area contributed by atoms with Crippen LogP contribution in [0.2, 0.25) is 0 Å². The summed E-state index contributed by atoms with van der Waals surface area (Å²) in [6, 6.07) is 6.56. The van der Waals surface area contributed by atoms with Crippen molar-refractivity contribution in [1.29, 1.82) is 0 Å². The summed E-state index contributed by atoms with van der Waals surface area (Å²) in [4.78, 5) is 12.0. The minimum Gasteiger partial charge on any atom is -0.424 e. The summed E-state index contributed by atoms with van der Waals surface area (Å²) in [5, 5.41) is 0. The first kappa shape index (κ1) is 15.6. The van der Waals surface area contributed by atoms with Gasteiger partial charge in [0, 0.05) is 12.1 Å². The first-order valence-electron chi connectivity index (χ1n) is 6.92.